The molecule has 0 aromatic heterocycles. The van der Waals surface area contributed by atoms with Crippen molar-refractivity contribution in [3.05, 3.63) is 119 Å². The Hall–Kier alpha value is -3.24. The van der Waals surface area contributed by atoms with Crippen molar-refractivity contribution < 1.29 is 40.9 Å². The van der Waals surface area contributed by atoms with Crippen molar-refractivity contribution in [2.75, 3.05) is 26.4 Å². The number of nitrogens with two attached hydrogens (primary N) is 1. The van der Waals surface area contributed by atoms with E-state index in [0.29, 0.717) is 16.1 Å². The Balaban J connectivity index is 1.23. The van der Waals surface area contributed by atoms with Crippen LogP contribution in [0.3, 0.4) is 0 Å². The fourth-order valence-corrected chi connectivity index (χ4v) is 9.71. The van der Waals surface area contributed by atoms with Crippen molar-refractivity contribution in [3.8, 4) is 22.3 Å². The molecule has 0 saturated carbocycles. The average Bonchev–Trinajstić information content (AvgIpc) is 3.70. The lowest BCUT2D eigenvalue weighted by Crippen LogP contribution is -2.58. The van der Waals surface area contributed by atoms with Gasteiger partial charge in [-0.3, -0.25) is 0 Å². The van der Waals surface area contributed by atoms with Crippen molar-refractivity contribution in [1.29, 1.82) is 0 Å². The molecule has 52 heavy (non-hydrogen) atoms. The summed E-state index contributed by atoms with van der Waals surface area (Å²) >= 11 is 6.38. The van der Waals surface area contributed by atoms with Crippen molar-refractivity contribution >= 4 is 31.6 Å². The Morgan fingerprint density at radius 3 is 1.92 bits per heavy atom. The molecule has 4 aromatic carbocycles. The van der Waals surface area contributed by atoms with Gasteiger partial charge in [0.2, 0.25) is 20.0 Å². The summed E-state index contributed by atoms with van der Waals surface area (Å²) in [4.78, 5) is 0. The molecule has 0 aliphatic carbocycles. The first-order chi connectivity index (χ1) is 24.5. The monoisotopic (exact) mass is 772 g/mol. The maximum atomic E-state index is 14.0. The van der Waals surface area contributed by atoms with Gasteiger partial charge in [-0.2, -0.15) is 0 Å². The minimum atomic E-state index is -4.31. The third-order valence-corrected chi connectivity index (χ3v) is 14.1. The van der Waals surface area contributed by atoms with E-state index in [2.05, 4.69) is 4.72 Å². The number of rotatable bonds is 12. The van der Waals surface area contributed by atoms with Crippen molar-refractivity contribution in [3.63, 3.8) is 0 Å². The first-order valence-electron chi connectivity index (χ1n) is 16.9. The van der Waals surface area contributed by atoms with E-state index in [1.807, 2.05) is 18.2 Å². The van der Waals surface area contributed by atoms with E-state index >= 15 is 0 Å². The summed E-state index contributed by atoms with van der Waals surface area (Å²) in [5.74, 6) is -2.02. The number of primary sulfonamides is 1. The number of nitrogens with one attached hydrogen (secondary N) is 1. The van der Waals surface area contributed by atoms with E-state index in [-0.39, 0.29) is 38.7 Å². The van der Waals surface area contributed by atoms with Crippen LogP contribution in [0.5, 0.6) is 0 Å². The van der Waals surface area contributed by atoms with Crippen molar-refractivity contribution in [2.24, 2.45) is 17.0 Å². The second-order valence-corrected chi connectivity index (χ2v) is 18.3. The van der Waals surface area contributed by atoms with Crippen LogP contribution in [0.15, 0.2) is 97.1 Å². The molecule has 0 bridgehead atoms. The van der Waals surface area contributed by atoms with Gasteiger partial charge in [0.1, 0.15) is 17.0 Å². The van der Waals surface area contributed by atoms with E-state index in [1.165, 1.54) is 26.0 Å². The Morgan fingerprint density at radius 1 is 0.808 bits per heavy atom. The van der Waals surface area contributed by atoms with E-state index in [1.54, 1.807) is 66.7 Å². The molecule has 14 heteroatoms. The maximum Gasteiger partial charge on any atom is 0.214 e. The number of ether oxygens (including phenoxy) is 2. The molecule has 0 spiro atoms. The number of hydrogen-bond donors (Lipinski definition) is 4. The van der Waals surface area contributed by atoms with Gasteiger partial charge in [0.05, 0.1) is 36.9 Å². The predicted octanol–water partition coefficient (Wildman–Crippen LogP) is 4.92. The summed E-state index contributed by atoms with van der Waals surface area (Å²) in [5.41, 5.74) is 0.841. The lowest BCUT2D eigenvalue weighted by molar-refractivity contribution is -0.0120. The number of halogens is 2. The second kappa shape index (κ2) is 14.9. The molecule has 7 unspecified atom stereocenters. The SMILES string of the molecule is CC(C(NS(=O)(=O)C(C)CC1COCC1(O)c1ccc(-c2ccc(F)cc2)cc1)C1COCC1(O)c1ccc(-c2ccccc2Cl)cc1)S(N)(=O)=O. The van der Waals surface area contributed by atoms with Crippen LogP contribution in [0.1, 0.15) is 31.4 Å². The summed E-state index contributed by atoms with van der Waals surface area (Å²) in [6.07, 6.45) is -0.0308. The highest BCUT2D eigenvalue weighted by atomic mass is 35.5. The number of hydrogen-bond acceptors (Lipinski definition) is 8. The van der Waals surface area contributed by atoms with Crippen LogP contribution in [-0.4, -0.2) is 70.0 Å². The van der Waals surface area contributed by atoms with Gasteiger partial charge >= 0.3 is 0 Å². The minimum absolute atomic E-state index is 0.0308. The van der Waals surface area contributed by atoms with E-state index in [0.717, 1.165) is 22.3 Å². The van der Waals surface area contributed by atoms with E-state index in [9.17, 15) is 31.4 Å². The Morgan fingerprint density at radius 2 is 1.33 bits per heavy atom. The molecule has 2 aliphatic rings. The Bertz CT molecular complexity index is 2100. The van der Waals surface area contributed by atoms with E-state index < -0.39 is 59.6 Å². The van der Waals surface area contributed by atoms with Crippen LogP contribution in [-0.2, 0) is 40.7 Å². The summed E-state index contributed by atoms with van der Waals surface area (Å²) in [5, 5.41) is 27.5. The van der Waals surface area contributed by atoms with Crippen LogP contribution in [0.2, 0.25) is 5.02 Å². The quantitative estimate of drug-likeness (QED) is 0.158. The highest BCUT2D eigenvalue weighted by molar-refractivity contribution is 7.90. The van der Waals surface area contributed by atoms with E-state index in [4.69, 9.17) is 26.2 Å². The molecule has 0 amide bonds. The fraction of sp³-hybridized carbons (Fsp3) is 0.368. The first kappa shape index (κ1) is 38.5. The van der Waals surface area contributed by atoms with Gasteiger partial charge in [-0.15, -0.1) is 0 Å². The molecule has 0 radical (unpaired) electrons. The topological polar surface area (TPSA) is 165 Å². The zero-order valence-corrected chi connectivity index (χ0v) is 31.0. The van der Waals surface area contributed by atoms with Gasteiger partial charge in [0.25, 0.3) is 0 Å². The maximum absolute atomic E-state index is 14.0. The van der Waals surface area contributed by atoms with Gasteiger partial charge in [-0.1, -0.05) is 90.5 Å². The third kappa shape index (κ3) is 7.70. The predicted molar refractivity (Wildman–Crippen MR) is 198 cm³/mol. The number of benzene rings is 4. The zero-order valence-electron chi connectivity index (χ0n) is 28.7. The molecular weight excluding hydrogens is 731 g/mol. The van der Waals surface area contributed by atoms with Gasteiger partial charge in [0, 0.05) is 28.5 Å². The largest absolute Gasteiger partial charge is 0.382 e. The molecule has 10 nitrogen and oxygen atoms in total. The smallest absolute Gasteiger partial charge is 0.214 e. The van der Waals surface area contributed by atoms with Crippen LogP contribution < -0.4 is 9.86 Å². The molecule has 2 fully saturated rings. The average molecular weight is 773 g/mol. The number of sulfonamides is 2. The molecule has 5 N–H and O–H groups in total. The first-order valence-corrected chi connectivity index (χ1v) is 20.4. The molecule has 2 saturated heterocycles. The molecule has 278 valence electrons. The van der Waals surface area contributed by atoms with Crippen LogP contribution >= 0.6 is 11.6 Å². The van der Waals surface area contributed by atoms with Gasteiger partial charge in [-0.25, -0.2) is 31.1 Å². The molecular formula is C38H42ClFN2O8S2. The van der Waals surface area contributed by atoms with Crippen LogP contribution in [0.25, 0.3) is 22.3 Å². The summed E-state index contributed by atoms with van der Waals surface area (Å²) < 4.78 is 81.0. The minimum Gasteiger partial charge on any atom is -0.382 e. The molecule has 2 aliphatic heterocycles. The third-order valence-electron chi connectivity index (χ3n) is 10.6. The molecule has 2 heterocycles. The number of aliphatic hydroxyl groups is 2. The molecule has 6 rings (SSSR count). The zero-order chi connectivity index (χ0) is 37.5. The summed E-state index contributed by atoms with van der Waals surface area (Å²) in [6, 6.07) is 25.9. The fourth-order valence-electron chi connectivity index (χ4n) is 7.25. The summed E-state index contributed by atoms with van der Waals surface area (Å²) in [7, 11) is -8.60. The Labute approximate surface area is 308 Å². The molecule has 7 atom stereocenters. The lowest BCUT2D eigenvalue weighted by atomic mass is 9.78. The normalized spacial score (nSPS) is 25.5. The Kier molecular flexibility index (Phi) is 11.0. The van der Waals surface area contributed by atoms with Crippen molar-refractivity contribution in [1.82, 2.24) is 4.72 Å². The summed E-state index contributed by atoms with van der Waals surface area (Å²) in [6.45, 7) is 2.46. The van der Waals surface area contributed by atoms with Gasteiger partial charge in [-0.05, 0) is 66.3 Å². The lowest BCUT2D eigenvalue weighted by Gasteiger charge is -2.37. The highest BCUT2D eigenvalue weighted by Gasteiger charge is 2.52. The van der Waals surface area contributed by atoms with Gasteiger partial charge < -0.3 is 19.7 Å². The van der Waals surface area contributed by atoms with Crippen molar-refractivity contribution in [2.45, 2.75) is 48.0 Å². The molecule has 4 aromatic rings. The van der Waals surface area contributed by atoms with Crippen LogP contribution in [0.4, 0.5) is 4.39 Å². The highest BCUT2D eigenvalue weighted by Crippen LogP contribution is 2.42. The van der Waals surface area contributed by atoms with Gasteiger partial charge in [0.15, 0.2) is 0 Å². The second-order valence-electron chi connectivity index (χ2n) is 13.9. The van der Waals surface area contributed by atoms with Crippen LogP contribution in [0, 0.1) is 17.7 Å². The standard InChI is InChI=1S/C38H42ClFN2O8S2/c1-24(19-31-20-49-22-37(31,43)29-13-7-26(8-14-29)27-11-17-32(40)18-12-27)52(47,48)42-36(25(2)51(41,45)46)34-21-50-23-38(34,44)30-15-9-28(10-16-30)33-5-3-4-6-35(33)39/h3-18,24-25,31,34,36,42-44H,19-23H2,1-2H3,(H2,41,45,46).